The van der Waals surface area contributed by atoms with E-state index < -0.39 is 0 Å². The molecule has 1 rings (SSSR count). The Balaban J connectivity index is 2.74. The van der Waals surface area contributed by atoms with Crippen molar-refractivity contribution in [3.8, 4) is 0 Å². The van der Waals surface area contributed by atoms with Gasteiger partial charge in [-0.25, -0.2) is 0 Å². The molecule has 2 nitrogen and oxygen atoms in total. The highest BCUT2D eigenvalue weighted by molar-refractivity contribution is 9.10. The normalized spacial score (nSPS) is 11.4. The number of carbonyl (C=O) groups is 1. The van der Waals surface area contributed by atoms with Crippen LogP contribution in [0.25, 0.3) is 0 Å². The summed E-state index contributed by atoms with van der Waals surface area (Å²) >= 11 is 5.18. The van der Waals surface area contributed by atoms with Crippen LogP contribution in [0.2, 0.25) is 0 Å². The molecule has 0 heterocycles. The summed E-state index contributed by atoms with van der Waals surface area (Å²) < 4.78 is 1.03. The zero-order valence-electron chi connectivity index (χ0n) is 10.6. The molecule has 0 fully saturated rings. The summed E-state index contributed by atoms with van der Waals surface area (Å²) in [5.41, 5.74) is 1.71. The van der Waals surface area contributed by atoms with Crippen LogP contribution >= 0.6 is 27.7 Å². The second-order valence-corrected chi connectivity index (χ2v) is 6.93. The van der Waals surface area contributed by atoms with Gasteiger partial charge in [-0.05, 0) is 44.7 Å². The summed E-state index contributed by atoms with van der Waals surface area (Å²) in [5, 5.41) is 2.98. The van der Waals surface area contributed by atoms with E-state index in [1.165, 1.54) is 0 Å². The Labute approximate surface area is 116 Å². The summed E-state index contributed by atoms with van der Waals surface area (Å²) in [6, 6.07) is 5.67. The highest BCUT2D eigenvalue weighted by Gasteiger charge is 2.18. The lowest BCUT2D eigenvalue weighted by atomic mass is 10.1. The monoisotopic (exact) mass is 315 g/mol. The quantitative estimate of drug-likeness (QED) is 0.919. The summed E-state index contributed by atoms with van der Waals surface area (Å²) in [7, 11) is 0. The molecule has 0 aromatic heterocycles. The van der Waals surface area contributed by atoms with Crippen LogP contribution in [0.3, 0.4) is 0 Å². The second-order valence-electron chi connectivity index (χ2n) is 4.56. The third-order valence-corrected chi connectivity index (χ3v) is 4.85. The molecule has 0 radical (unpaired) electrons. The van der Waals surface area contributed by atoms with Crippen molar-refractivity contribution in [1.29, 1.82) is 0 Å². The summed E-state index contributed by atoms with van der Waals surface area (Å²) in [6.45, 7) is 6.84. The lowest BCUT2D eigenvalue weighted by Crippen LogP contribution is -2.36. The van der Waals surface area contributed by atoms with Crippen LogP contribution < -0.4 is 5.32 Å². The maximum absolute atomic E-state index is 12.0. The van der Waals surface area contributed by atoms with Gasteiger partial charge in [0.15, 0.2) is 0 Å². The molecule has 0 spiro atoms. The van der Waals surface area contributed by atoms with Gasteiger partial charge in [-0.3, -0.25) is 4.79 Å². The molecule has 0 unspecified atom stereocenters. The Morgan fingerprint density at radius 1 is 1.47 bits per heavy atom. The number of rotatable bonds is 4. The van der Waals surface area contributed by atoms with E-state index in [0.717, 1.165) is 15.6 Å². The minimum atomic E-state index is -0.00840. The van der Waals surface area contributed by atoms with Crippen LogP contribution in [-0.4, -0.2) is 23.5 Å². The van der Waals surface area contributed by atoms with Crippen molar-refractivity contribution >= 4 is 33.6 Å². The van der Waals surface area contributed by atoms with Crippen molar-refractivity contribution in [2.45, 2.75) is 25.5 Å². The van der Waals surface area contributed by atoms with Gasteiger partial charge in [0, 0.05) is 21.3 Å². The topological polar surface area (TPSA) is 29.1 Å². The highest BCUT2D eigenvalue weighted by atomic mass is 79.9. The van der Waals surface area contributed by atoms with Gasteiger partial charge in [-0.15, -0.1) is 0 Å². The molecule has 17 heavy (non-hydrogen) atoms. The van der Waals surface area contributed by atoms with E-state index >= 15 is 0 Å². The molecule has 0 aliphatic rings. The third-order valence-electron chi connectivity index (χ3n) is 2.74. The van der Waals surface area contributed by atoms with Gasteiger partial charge < -0.3 is 5.32 Å². The average Bonchev–Trinajstić information content (AvgIpc) is 2.30. The van der Waals surface area contributed by atoms with Crippen molar-refractivity contribution in [1.82, 2.24) is 5.32 Å². The molecule has 1 amide bonds. The fourth-order valence-electron chi connectivity index (χ4n) is 1.31. The molecule has 0 aliphatic heterocycles. The first-order valence-corrected chi connectivity index (χ1v) is 7.47. The number of hydrogen-bond donors (Lipinski definition) is 1. The van der Waals surface area contributed by atoms with E-state index in [9.17, 15) is 4.79 Å². The maximum atomic E-state index is 12.0. The van der Waals surface area contributed by atoms with Gasteiger partial charge >= 0.3 is 0 Å². The first kappa shape index (κ1) is 14.6. The standard InChI is InChI=1S/C13H18BrNOS/c1-9-10(6-5-7-11(9)14)12(16)15-8-13(2,3)17-4/h5-7H,8H2,1-4H3,(H,15,16). The van der Waals surface area contributed by atoms with Crippen LogP contribution in [0.1, 0.15) is 29.8 Å². The molecular weight excluding hydrogens is 298 g/mol. The largest absolute Gasteiger partial charge is 0.351 e. The predicted octanol–water partition coefficient (Wildman–Crippen LogP) is 3.63. The van der Waals surface area contributed by atoms with Crippen molar-refractivity contribution in [2.75, 3.05) is 12.8 Å². The van der Waals surface area contributed by atoms with Crippen molar-refractivity contribution in [3.05, 3.63) is 33.8 Å². The van der Waals surface area contributed by atoms with Crippen LogP contribution in [0.5, 0.6) is 0 Å². The third kappa shape index (κ3) is 4.03. The SMILES string of the molecule is CSC(C)(C)CNC(=O)c1cccc(Br)c1C. The first-order chi connectivity index (χ1) is 7.87. The molecule has 1 aromatic rings. The molecule has 0 atom stereocenters. The van der Waals surface area contributed by atoms with E-state index in [1.807, 2.05) is 25.1 Å². The van der Waals surface area contributed by atoms with Crippen LogP contribution in [0.4, 0.5) is 0 Å². The summed E-state index contributed by atoms with van der Waals surface area (Å²) in [5.74, 6) is -0.00840. The number of carbonyl (C=O) groups excluding carboxylic acids is 1. The second kappa shape index (κ2) is 5.91. The molecule has 1 aromatic carbocycles. The van der Waals surface area contributed by atoms with E-state index in [4.69, 9.17) is 0 Å². The zero-order chi connectivity index (χ0) is 13.1. The smallest absolute Gasteiger partial charge is 0.251 e. The molecule has 0 bridgehead atoms. The highest BCUT2D eigenvalue weighted by Crippen LogP contribution is 2.21. The van der Waals surface area contributed by atoms with Gasteiger partial charge in [0.1, 0.15) is 0 Å². The lowest BCUT2D eigenvalue weighted by Gasteiger charge is -2.22. The Hall–Kier alpha value is -0.480. The minimum Gasteiger partial charge on any atom is -0.351 e. The lowest BCUT2D eigenvalue weighted by molar-refractivity contribution is 0.0950. The van der Waals surface area contributed by atoms with Crippen LogP contribution in [0, 0.1) is 6.92 Å². The molecule has 1 N–H and O–H groups in total. The Morgan fingerprint density at radius 3 is 2.71 bits per heavy atom. The number of benzene rings is 1. The van der Waals surface area contributed by atoms with Crippen molar-refractivity contribution in [2.24, 2.45) is 0 Å². The molecular formula is C13H18BrNOS. The van der Waals surface area contributed by atoms with Crippen LogP contribution in [0.15, 0.2) is 22.7 Å². The zero-order valence-corrected chi connectivity index (χ0v) is 13.0. The fourth-order valence-corrected chi connectivity index (χ4v) is 1.90. The number of thioether (sulfide) groups is 1. The molecule has 94 valence electrons. The van der Waals surface area contributed by atoms with E-state index in [2.05, 4.69) is 41.3 Å². The van der Waals surface area contributed by atoms with Gasteiger partial charge in [-0.1, -0.05) is 22.0 Å². The first-order valence-electron chi connectivity index (χ1n) is 5.46. The Kier molecular flexibility index (Phi) is 5.07. The van der Waals surface area contributed by atoms with Gasteiger partial charge in [0.05, 0.1) is 0 Å². The summed E-state index contributed by atoms with van der Waals surface area (Å²) in [6.07, 6.45) is 2.05. The van der Waals surface area contributed by atoms with E-state index in [1.54, 1.807) is 11.8 Å². The fraction of sp³-hybridized carbons (Fsp3) is 0.462. The predicted molar refractivity (Wildman–Crippen MR) is 78.8 cm³/mol. The van der Waals surface area contributed by atoms with Crippen molar-refractivity contribution < 1.29 is 4.79 Å². The average molecular weight is 316 g/mol. The molecule has 0 aliphatic carbocycles. The maximum Gasteiger partial charge on any atom is 0.251 e. The summed E-state index contributed by atoms with van der Waals surface area (Å²) in [4.78, 5) is 12.0. The minimum absolute atomic E-state index is 0.00840. The number of halogens is 1. The van der Waals surface area contributed by atoms with Crippen LogP contribution in [-0.2, 0) is 0 Å². The van der Waals surface area contributed by atoms with Gasteiger partial charge in [-0.2, -0.15) is 11.8 Å². The number of amides is 1. The molecule has 4 heteroatoms. The van der Waals surface area contributed by atoms with Gasteiger partial charge in [0.25, 0.3) is 5.91 Å². The molecule has 0 saturated heterocycles. The number of nitrogens with one attached hydrogen (secondary N) is 1. The molecule has 0 saturated carbocycles. The van der Waals surface area contributed by atoms with E-state index in [0.29, 0.717) is 6.54 Å². The van der Waals surface area contributed by atoms with Gasteiger partial charge in [0.2, 0.25) is 0 Å². The van der Waals surface area contributed by atoms with E-state index in [-0.39, 0.29) is 10.7 Å². The van der Waals surface area contributed by atoms with Crippen molar-refractivity contribution in [3.63, 3.8) is 0 Å². The Bertz CT molecular complexity index is 418. The number of hydrogen-bond acceptors (Lipinski definition) is 2. The Morgan fingerprint density at radius 2 is 2.12 bits per heavy atom.